The van der Waals surface area contributed by atoms with Gasteiger partial charge in [0.05, 0.1) is 19.8 Å². The molecule has 1 aromatic carbocycles. The summed E-state index contributed by atoms with van der Waals surface area (Å²) in [5.74, 6) is -0.487. The molecule has 0 N–H and O–H groups in total. The van der Waals surface area contributed by atoms with Crippen LogP contribution in [0.15, 0.2) is 30.3 Å². The number of hydrogen-bond acceptors (Lipinski definition) is 5. The number of benzene rings is 1. The van der Waals surface area contributed by atoms with E-state index in [4.69, 9.17) is 14.2 Å². The van der Waals surface area contributed by atoms with Gasteiger partial charge in [-0.15, -0.1) is 0 Å². The lowest BCUT2D eigenvalue weighted by atomic mass is 10.1. The smallest absolute Gasteiger partial charge is 0.411 e. The summed E-state index contributed by atoms with van der Waals surface area (Å²) in [6.45, 7) is 10.5. The standard InChI is InChI=1S/C21H31NO5/c1-6-22(19(24)27-20(3,4)5)21(18(23)26-7-2)13-17(21)15-25-14-16-11-9-8-10-12-16/h8-12,17H,6-7,13-15H2,1-5H3/t17-,21+/m0/s1. The Bertz CT molecular complexity index is 640. The Morgan fingerprint density at radius 2 is 1.85 bits per heavy atom. The predicted octanol–water partition coefficient (Wildman–Crippen LogP) is 3.78. The zero-order valence-corrected chi connectivity index (χ0v) is 17.0. The monoisotopic (exact) mass is 377 g/mol. The van der Waals surface area contributed by atoms with Crippen molar-refractivity contribution < 1.29 is 23.8 Å². The molecule has 0 heterocycles. The van der Waals surface area contributed by atoms with Crippen LogP contribution >= 0.6 is 0 Å². The van der Waals surface area contributed by atoms with E-state index < -0.39 is 17.2 Å². The summed E-state index contributed by atoms with van der Waals surface area (Å²) in [4.78, 5) is 26.9. The minimum atomic E-state index is -0.996. The van der Waals surface area contributed by atoms with Crippen LogP contribution in [0.3, 0.4) is 0 Å². The summed E-state index contributed by atoms with van der Waals surface area (Å²) in [6.07, 6.45) is 0.0249. The highest BCUT2D eigenvalue weighted by Gasteiger charge is 2.66. The van der Waals surface area contributed by atoms with Crippen LogP contribution in [0.2, 0.25) is 0 Å². The van der Waals surface area contributed by atoms with E-state index in [1.807, 2.05) is 58.0 Å². The molecule has 0 aromatic heterocycles. The van der Waals surface area contributed by atoms with Gasteiger partial charge in [0.1, 0.15) is 11.1 Å². The molecule has 0 radical (unpaired) electrons. The fraction of sp³-hybridized carbons (Fsp3) is 0.619. The van der Waals surface area contributed by atoms with Crippen LogP contribution in [0.5, 0.6) is 0 Å². The molecular weight excluding hydrogens is 346 g/mol. The highest BCUT2D eigenvalue weighted by Crippen LogP contribution is 2.50. The van der Waals surface area contributed by atoms with Crippen molar-refractivity contribution >= 4 is 12.1 Å². The van der Waals surface area contributed by atoms with Crippen LogP contribution < -0.4 is 0 Å². The van der Waals surface area contributed by atoms with Gasteiger partial charge in [-0.2, -0.15) is 0 Å². The molecule has 1 fully saturated rings. The highest BCUT2D eigenvalue weighted by atomic mass is 16.6. The van der Waals surface area contributed by atoms with Gasteiger partial charge in [0.15, 0.2) is 0 Å². The molecule has 150 valence electrons. The third-order valence-corrected chi connectivity index (χ3v) is 4.54. The van der Waals surface area contributed by atoms with Crippen molar-refractivity contribution in [2.24, 2.45) is 5.92 Å². The Kier molecular flexibility index (Phi) is 6.87. The molecule has 1 aliphatic carbocycles. The second-order valence-electron chi connectivity index (χ2n) is 7.77. The summed E-state index contributed by atoms with van der Waals surface area (Å²) in [6, 6.07) is 9.85. The average Bonchev–Trinajstić information content (AvgIpc) is 3.30. The second kappa shape index (κ2) is 8.74. The van der Waals surface area contributed by atoms with E-state index in [-0.39, 0.29) is 18.5 Å². The molecule has 2 rings (SSSR count). The van der Waals surface area contributed by atoms with E-state index >= 15 is 0 Å². The van der Waals surface area contributed by atoms with Gasteiger partial charge in [-0.25, -0.2) is 9.59 Å². The zero-order chi connectivity index (χ0) is 20.1. The average molecular weight is 377 g/mol. The van der Waals surface area contributed by atoms with Crippen molar-refractivity contribution in [3.05, 3.63) is 35.9 Å². The Balaban J connectivity index is 2.07. The lowest BCUT2D eigenvalue weighted by molar-refractivity contribution is -0.152. The molecule has 0 unspecified atom stereocenters. The molecule has 0 aliphatic heterocycles. The molecule has 1 aromatic rings. The maximum Gasteiger partial charge on any atom is 0.411 e. The second-order valence-corrected chi connectivity index (χ2v) is 7.77. The van der Waals surface area contributed by atoms with Crippen LogP contribution in [-0.4, -0.2) is 47.9 Å². The van der Waals surface area contributed by atoms with Gasteiger partial charge in [0.2, 0.25) is 0 Å². The third-order valence-electron chi connectivity index (χ3n) is 4.54. The van der Waals surface area contributed by atoms with Crippen molar-refractivity contribution in [2.45, 2.75) is 58.8 Å². The Hall–Kier alpha value is -2.08. The number of ether oxygens (including phenoxy) is 3. The summed E-state index contributed by atoms with van der Waals surface area (Å²) in [7, 11) is 0. The number of carbonyl (C=O) groups is 2. The Labute approximate surface area is 161 Å². The molecule has 0 bridgehead atoms. The van der Waals surface area contributed by atoms with Crippen molar-refractivity contribution in [1.82, 2.24) is 4.90 Å². The molecule has 2 atom stereocenters. The number of nitrogens with zero attached hydrogens (tertiary/aromatic N) is 1. The predicted molar refractivity (Wildman–Crippen MR) is 102 cm³/mol. The first-order valence-electron chi connectivity index (χ1n) is 9.54. The first-order chi connectivity index (χ1) is 12.7. The largest absolute Gasteiger partial charge is 0.464 e. The number of hydrogen-bond donors (Lipinski definition) is 0. The fourth-order valence-electron chi connectivity index (χ4n) is 3.24. The molecular formula is C21H31NO5. The van der Waals surface area contributed by atoms with Crippen molar-refractivity contribution in [3.63, 3.8) is 0 Å². The molecule has 1 aliphatic rings. The lowest BCUT2D eigenvalue weighted by Crippen LogP contribution is -2.51. The number of esters is 1. The SMILES string of the molecule is CCOC(=O)[C@@]1(N(CC)C(=O)OC(C)(C)C)C[C@H]1COCc1ccccc1. The van der Waals surface area contributed by atoms with Crippen LogP contribution in [0.4, 0.5) is 4.79 Å². The van der Waals surface area contributed by atoms with E-state index in [1.54, 1.807) is 6.92 Å². The Morgan fingerprint density at radius 1 is 1.19 bits per heavy atom. The van der Waals surface area contributed by atoms with E-state index in [9.17, 15) is 9.59 Å². The van der Waals surface area contributed by atoms with Gasteiger partial charge >= 0.3 is 12.1 Å². The van der Waals surface area contributed by atoms with E-state index in [0.29, 0.717) is 26.2 Å². The van der Waals surface area contributed by atoms with Gasteiger partial charge in [0.25, 0.3) is 0 Å². The minimum absolute atomic E-state index is 0.104. The maximum absolute atomic E-state index is 12.7. The third kappa shape index (κ3) is 5.22. The van der Waals surface area contributed by atoms with Gasteiger partial charge in [-0.1, -0.05) is 30.3 Å². The van der Waals surface area contributed by atoms with Gasteiger partial charge in [-0.3, -0.25) is 4.90 Å². The first kappa shape index (κ1) is 21.2. The normalized spacial score (nSPS) is 21.4. The van der Waals surface area contributed by atoms with Gasteiger partial charge < -0.3 is 14.2 Å². The van der Waals surface area contributed by atoms with E-state index in [2.05, 4.69) is 0 Å². The van der Waals surface area contributed by atoms with Crippen molar-refractivity contribution in [1.29, 1.82) is 0 Å². The molecule has 27 heavy (non-hydrogen) atoms. The molecule has 1 saturated carbocycles. The fourth-order valence-corrected chi connectivity index (χ4v) is 3.24. The van der Waals surface area contributed by atoms with Gasteiger partial charge in [0, 0.05) is 12.5 Å². The molecule has 0 spiro atoms. The highest BCUT2D eigenvalue weighted by molar-refractivity contribution is 5.89. The number of carbonyl (C=O) groups excluding carboxylic acids is 2. The quantitative estimate of drug-likeness (QED) is 0.645. The van der Waals surface area contributed by atoms with E-state index in [1.165, 1.54) is 4.90 Å². The van der Waals surface area contributed by atoms with Crippen molar-refractivity contribution in [2.75, 3.05) is 19.8 Å². The minimum Gasteiger partial charge on any atom is -0.464 e. The maximum atomic E-state index is 12.7. The lowest BCUT2D eigenvalue weighted by Gasteiger charge is -2.32. The van der Waals surface area contributed by atoms with Gasteiger partial charge in [-0.05, 0) is 46.6 Å². The number of likely N-dealkylation sites (N-methyl/N-ethyl adjacent to an activating group) is 1. The molecule has 6 heteroatoms. The summed E-state index contributed by atoms with van der Waals surface area (Å²) in [5, 5.41) is 0. The molecule has 1 amide bonds. The topological polar surface area (TPSA) is 65.1 Å². The number of rotatable bonds is 8. The van der Waals surface area contributed by atoms with Crippen molar-refractivity contribution in [3.8, 4) is 0 Å². The summed E-state index contributed by atoms with van der Waals surface area (Å²) in [5.41, 5.74) is -0.558. The summed E-state index contributed by atoms with van der Waals surface area (Å²) < 4.78 is 16.6. The molecule has 6 nitrogen and oxygen atoms in total. The van der Waals surface area contributed by atoms with E-state index in [0.717, 1.165) is 5.56 Å². The first-order valence-corrected chi connectivity index (χ1v) is 9.54. The molecule has 0 saturated heterocycles. The van der Waals surface area contributed by atoms with Crippen LogP contribution in [-0.2, 0) is 25.6 Å². The number of amides is 1. The van der Waals surface area contributed by atoms with Crippen LogP contribution in [0.1, 0.15) is 46.6 Å². The van der Waals surface area contributed by atoms with Crippen LogP contribution in [0, 0.1) is 5.92 Å². The zero-order valence-electron chi connectivity index (χ0n) is 17.0. The summed E-state index contributed by atoms with van der Waals surface area (Å²) >= 11 is 0. The van der Waals surface area contributed by atoms with Crippen LogP contribution in [0.25, 0.3) is 0 Å². The Morgan fingerprint density at radius 3 is 2.41 bits per heavy atom.